The molecule has 1 aliphatic carbocycles. The predicted octanol–water partition coefficient (Wildman–Crippen LogP) is 0.104. The average molecular weight is 306 g/mol. The molecule has 0 bridgehead atoms. The van der Waals surface area contributed by atoms with Gasteiger partial charge in [0.05, 0.1) is 5.71 Å². The van der Waals surface area contributed by atoms with Crippen molar-refractivity contribution in [2.75, 3.05) is 0 Å². The topological polar surface area (TPSA) is 155 Å². The molecule has 9 nitrogen and oxygen atoms in total. The van der Waals surface area contributed by atoms with Crippen LogP contribution in [0.15, 0.2) is 0 Å². The Labute approximate surface area is 114 Å². The summed E-state index contributed by atoms with van der Waals surface area (Å²) >= 11 is 0. The number of rotatable bonds is 3. The summed E-state index contributed by atoms with van der Waals surface area (Å²) in [5.74, 6) is -2.08. The highest BCUT2D eigenvalue weighted by atomic mass is 32.2. The Hall–Kier alpha value is -1.81. The van der Waals surface area contributed by atoms with E-state index in [9.17, 15) is 18.0 Å². The molecule has 112 valence electrons. The summed E-state index contributed by atoms with van der Waals surface area (Å²) in [7, 11) is -4.61. The van der Waals surface area contributed by atoms with Gasteiger partial charge in [-0.15, -0.1) is 0 Å². The Bertz CT molecular complexity index is 582. The van der Waals surface area contributed by atoms with Crippen LogP contribution >= 0.6 is 0 Å². The minimum atomic E-state index is -4.61. The first-order valence-corrected chi connectivity index (χ1v) is 7.10. The van der Waals surface area contributed by atoms with Gasteiger partial charge >= 0.3 is 11.9 Å². The molecule has 0 amide bonds. The van der Waals surface area contributed by atoms with E-state index in [0.717, 1.165) is 6.92 Å². The number of nitrogens with one attached hydrogen (secondary N) is 2. The highest BCUT2D eigenvalue weighted by Crippen LogP contribution is 2.36. The van der Waals surface area contributed by atoms with Gasteiger partial charge in [0.1, 0.15) is 10.7 Å². The van der Waals surface area contributed by atoms with Gasteiger partial charge in [-0.1, -0.05) is 6.92 Å². The molecule has 0 saturated heterocycles. The minimum Gasteiger partial charge on any atom is -0.308 e. The highest BCUT2D eigenvalue weighted by Gasteiger charge is 2.56. The molecule has 2 unspecified atom stereocenters. The second-order valence-corrected chi connectivity index (χ2v) is 6.00. The van der Waals surface area contributed by atoms with E-state index in [4.69, 9.17) is 15.4 Å². The molecule has 20 heavy (non-hydrogen) atoms. The van der Waals surface area contributed by atoms with E-state index in [-0.39, 0.29) is 6.42 Å². The molecule has 10 heteroatoms. The lowest BCUT2D eigenvalue weighted by Gasteiger charge is -2.20. The fraction of sp³-hybridized carbons (Fsp3) is 0.600. The second-order valence-electron chi connectivity index (χ2n) is 4.40. The zero-order valence-electron chi connectivity index (χ0n) is 10.8. The number of carbonyl (C=O) groups is 2. The number of hydrogen-bond acceptors (Lipinski definition) is 8. The molecule has 0 heterocycles. The largest absolute Gasteiger partial charge is 0.372 e. The maximum absolute atomic E-state index is 11.8. The lowest BCUT2D eigenvalue weighted by atomic mass is 9.86. The summed E-state index contributed by atoms with van der Waals surface area (Å²) in [4.78, 5) is 31.1. The van der Waals surface area contributed by atoms with Crippen LogP contribution in [0.2, 0.25) is 0 Å². The molecule has 3 N–H and O–H groups in total. The first-order chi connectivity index (χ1) is 9.05. The Morgan fingerprint density at radius 1 is 1.40 bits per heavy atom. The minimum absolute atomic E-state index is 0.0491. The smallest absolute Gasteiger partial charge is 0.308 e. The Morgan fingerprint density at radius 2 is 1.95 bits per heavy atom. The number of carbonyl (C=O) groups excluding carboxylic acids is 2. The van der Waals surface area contributed by atoms with Crippen LogP contribution in [0.1, 0.15) is 26.7 Å². The Balaban J connectivity index is 2.98. The summed E-state index contributed by atoms with van der Waals surface area (Å²) in [5, 5.41) is 13.7. The van der Waals surface area contributed by atoms with Gasteiger partial charge in [-0.2, -0.15) is 8.42 Å². The van der Waals surface area contributed by atoms with E-state index in [1.54, 1.807) is 0 Å². The molecule has 1 rings (SSSR count). The van der Waals surface area contributed by atoms with Crippen LogP contribution in [0.5, 0.6) is 0 Å². The lowest BCUT2D eigenvalue weighted by Crippen LogP contribution is -2.42. The maximum Gasteiger partial charge on any atom is 0.372 e. The zero-order valence-corrected chi connectivity index (χ0v) is 11.6. The van der Waals surface area contributed by atoms with Crippen molar-refractivity contribution in [1.82, 2.24) is 0 Å². The van der Waals surface area contributed by atoms with E-state index in [1.807, 2.05) is 0 Å². The van der Waals surface area contributed by atoms with Crippen molar-refractivity contribution in [3.63, 3.8) is 0 Å². The third-order valence-electron chi connectivity index (χ3n) is 3.12. The zero-order chi connectivity index (χ0) is 15.7. The van der Waals surface area contributed by atoms with Gasteiger partial charge in [0.25, 0.3) is 10.1 Å². The van der Waals surface area contributed by atoms with Gasteiger partial charge in [-0.3, -0.25) is 4.55 Å². The number of hydrogen-bond donors (Lipinski definition) is 3. The average Bonchev–Trinajstić information content (AvgIpc) is 2.60. The van der Waals surface area contributed by atoms with E-state index < -0.39 is 50.6 Å². The third kappa shape index (κ3) is 2.70. The van der Waals surface area contributed by atoms with Gasteiger partial charge in [-0.25, -0.2) is 19.4 Å². The molecule has 1 saturated carbocycles. The SMILES string of the molecule is CCC(=O)OOC(=O)C1(C)C(=N)CC(S(=O)(=O)O)C1=N. The van der Waals surface area contributed by atoms with Crippen molar-refractivity contribution in [3.05, 3.63) is 0 Å². The monoisotopic (exact) mass is 306 g/mol. The normalized spacial score (nSPS) is 26.4. The van der Waals surface area contributed by atoms with E-state index in [2.05, 4.69) is 9.78 Å². The van der Waals surface area contributed by atoms with Gasteiger partial charge in [0.2, 0.25) is 0 Å². The van der Waals surface area contributed by atoms with Crippen LogP contribution in [0.3, 0.4) is 0 Å². The van der Waals surface area contributed by atoms with Crippen molar-refractivity contribution in [2.24, 2.45) is 5.41 Å². The summed E-state index contributed by atoms with van der Waals surface area (Å²) in [6, 6.07) is 0. The summed E-state index contributed by atoms with van der Waals surface area (Å²) in [6.45, 7) is 2.57. The van der Waals surface area contributed by atoms with Crippen molar-refractivity contribution < 1.29 is 32.3 Å². The van der Waals surface area contributed by atoms with Crippen molar-refractivity contribution in [1.29, 1.82) is 10.8 Å². The molecular weight excluding hydrogens is 292 g/mol. The molecule has 0 aliphatic heterocycles. The summed E-state index contributed by atoms with van der Waals surface area (Å²) < 4.78 is 31.2. The Kier molecular flexibility index (Phi) is 4.30. The van der Waals surface area contributed by atoms with Gasteiger partial charge in [-0.05, 0) is 6.92 Å². The highest BCUT2D eigenvalue weighted by molar-refractivity contribution is 7.87. The van der Waals surface area contributed by atoms with Gasteiger partial charge < -0.3 is 10.8 Å². The van der Waals surface area contributed by atoms with E-state index in [0.29, 0.717) is 0 Å². The summed E-state index contributed by atoms with van der Waals surface area (Å²) in [6.07, 6.45) is -0.544. The molecule has 0 spiro atoms. The second kappa shape index (κ2) is 5.29. The molecule has 2 atom stereocenters. The van der Waals surface area contributed by atoms with E-state index >= 15 is 0 Å². The van der Waals surface area contributed by atoms with Crippen molar-refractivity contribution in [2.45, 2.75) is 31.9 Å². The Morgan fingerprint density at radius 3 is 2.35 bits per heavy atom. The van der Waals surface area contributed by atoms with Crippen molar-refractivity contribution in [3.8, 4) is 0 Å². The van der Waals surface area contributed by atoms with Crippen LogP contribution in [0, 0.1) is 16.2 Å². The first-order valence-electron chi connectivity index (χ1n) is 5.60. The van der Waals surface area contributed by atoms with Crippen LogP contribution < -0.4 is 0 Å². The van der Waals surface area contributed by atoms with Crippen LogP contribution in [0.4, 0.5) is 0 Å². The molecule has 1 aliphatic rings. The quantitative estimate of drug-likeness (QED) is 0.379. The van der Waals surface area contributed by atoms with Gasteiger partial charge in [0, 0.05) is 18.6 Å². The van der Waals surface area contributed by atoms with Crippen LogP contribution in [-0.4, -0.2) is 41.6 Å². The molecule has 0 aromatic heterocycles. The van der Waals surface area contributed by atoms with Crippen LogP contribution in [-0.2, 0) is 29.5 Å². The first kappa shape index (κ1) is 16.2. The van der Waals surface area contributed by atoms with Gasteiger partial charge in [0.15, 0.2) is 0 Å². The molecular formula is C10H14N2O7S. The molecule has 0 aromatic rings. The fourth-order valence-corrected chi connectivity index (χ4v) is 2.60. The van der Waals surface area contributed by atoms with Crippen LogP contribution in [0.25, 0.3) is 0 Å². The maximum atomic E-state index is 11.8. The third-order valence-corrected chi connectivity index (χ3v) is 4.24. The predicted molar refractivity (Wildman–Crippen MR) is 66.0 cm³/mol. The summed E-state index contributed by atoms with van der Waals surface area (Å²) in [5.41, 5.74) is -3.08. The van der Waals surface area contributed by atoms with E-state index in [1.165, 1.54) is 6.92 Å². The lowest BCUT2D eigenvalue weighted by molar-refractivity contribution is -0.261. The van der Waals surface area contributed by atoms with Crippen molar-refractivity contribution >= 4 is 33.5 Å². The standard InChI is InChI=1S/C10H14N2O7S/c1-3-7(13)18-19-9(14)10(2)6(11)4-5(8(10)12)20(15,16)17/h5,11-12H,3-4H2,1-2H3,(H,15,16,17). The molecule has 1 fully saturated rings. The molecule has 0 aromatic carbocycles. The fourth-order valence-electron chi connectivity index (χ4n) is 1.69. The molecule has 0 radical (unpaired) electrons.